The lowest BCUT2D eigenvalue weighted by molar-refractivity contribution is 0.171. The molecule has 0 aliphatic carbocycles. The molecular weight excluding hydrogens is 266 g/mol. The highest BCUT2D eigenvalue weighted by Gasteiger charge is 2.29. The van der Waals surface area contributed by atoms with E-state index in [-0.39, 0.29) is 6.04 Å². The zero-order chi connectivity index (χ0) is 14.3. The summed E-state index contributed by atoms with van der Waals surface area (Å²) in [7, 11) is 0.0918. The first-order valence-corrected chi connectivity index (χ1v) is 8.38. The zero-order valence-corrected chi connectivity index (χ0v) is 13.0. The number of ether oxygens (including phenoxy) is 1. The van der Waals surface area contributed by atoms with Gasteiger partial charge in [-0.1, -0.05) is 6.92 Å². The quantitative estimate of drug-likeness (QED) is 0.670. The minimum absolute atomic E-state index is 0.153. The summed E-state index contributed by atoms with van der Waals surface area (Å²) in [6.07, 6.45) is 2.73. The maximum Gasteiger partial charge on any atom is 0.279 e. The van der Waals surface area contributed by atoms with Crippen molar-refractivity contribution in [2.24, 2.45) is 5.92 Å². The summed E-state index contributed by atoms with van der Waals surface area (Å²) in [6.45, 7) is 4.43. The molecule has 6 nitrogen and oxygen atoms in total. The van der Waals surface area contributed by atoms with Crippen molar-refractivity contribution >= 4 is 10.2 Å². The van der Waals surface area contributed by atoms with E-state index in [9.17, 15) is 8.42 Å². The van der Waals surface area contributed by atoms with Crippen LogP contribution in [0.25, 0.3) is 0 Å². The van der Waals surface area contributed by atoms with E-state index in [2.05, 4.69) is 10.0 Å². The fourth-order valence-corrected chi connectivity index (χ4v) is 4.00. The Morgan fingerprint density at radius 1 is 1.47 bits per heavy atom. The largest absolute Gasteiger partial charge is 0.383 e. The third-order valence-corrected chi connectivity index (χ3v) is 5.13. The predicted octanol–water partition coefficient (Wildman–Crippen LogP) is 0.177. The van der Waals surface area contributed by atoms with Crippen LogP contribution in [0, 0.1) is 5.92 Å². The van der Waals surface area contributed by atoms with Crippen molar-refractivity contribution in [2.75, 3.05) is 40.4 Å². The van der Waals surface area contributed by atoms with E-state index in [0.717, 1.165) is 25.8 Å². The Hall–Kier alpha value is -0.210. The van der Waals surface area contributed by atoms with Crippen molar-refractivity contribution in [2.45, 2.75) is 32.2 Å². The SMILES string of the molecule is CCC(COC)NS(=O)(=O)N1CCCC(CNC)C1. The predicted molar refractivity (Wildman–Crippen MR) is 76.2 cm³/mol. The number of methoxy groups -OCH3 is 1. The summed E-state index contributed by atoms with van der Waals surface area (Å²) in [4.78, 5) is 0. The van der Waals surface area contributed by atoms with E-state index in [0.29, 0.717) is 25.6 Å². The lowest BCUT2D eigenvalue weighted by Crippen LogP contribution is -2.50. The summed E-state index contributed by atoms with van der Waals surface area (Å²) in [5, 5.41) is 3.12. The Balaban J connectivity index is 2.60. The molecule has 1 aliphatic heterocycles. The normalized spacial score (nSPS) is 23.4. The van der Waals surface area contributed by atoms with E-state index >= 15 is 0 Å². The van der Waals surface area contributed by atoms with Crippen LogP contribution in [0.5, 0.6) is 0 Å². The minimum Gasteiger partial charge on any atom is -0.383 e. The van der Waals surface area contributed by atoms with Gasteiger partial charge in [0.1, 0.15) is 0 Å². The molecule has 0 aromatic rings. The Bertz CT molecular complexity index is 346. The molecule has 0 saturated carbocycles. The molecule has 0 radical (unpaired) electrons. The van der Waals surface area contributed by atoms with Gasteiger partial charge in [0.05, 0.1) is 6.61 Å². The summed E-state index contributed by atoms with van der Waals surface area (Å²) in [5.41, 5.74) is 0. The monoisotopic (exact) mass is 293 g/mol. The Morgan fingerprint density at radius 3 is 2.79 bits per heavy atom. The second-order valence-corrected chi connectivity index (χ2v) is 6.81. The van der Waals surface area contributed by atoms with Crippen molar-refractivity contribution in [3.8, 4) is 0 Å². The number of nitrogens with zero attached hydrogens (tertiary/aromatic N) is 1. The van der Waals surface area contributed by atoms with Gasteiger partial charge in [-0.25, -0.2) is 0 Å². The van der Waals surface area contributed by atoms with Crippen LogP contribution in [0.2, 0.25) is 0 Å². The molecule has 1 heterocycles. The highest BCUT2D eigenvalue weighted by atomic mass is 32.2. The molecule has 0 bridgehead atoms. The molecule has 1 rings (SSSR count). The first kappa shape index (κ1) is 16.8. The smallest absolute Gasteiger partial charge is 0.279 e. The van der Waals surface area contributed by atoms with Crippen LogP contribution in [-0.2, 0) is 14.9 Å². The third kappa shape index (κ3) is 5.35. The molecule has 2 unspecified atom stereocenters. The summed E-state index contributed by atoms with van der Waals surface area (Å²) >= 11 is 0. The second kappa shape index (κ2) is 8.16. The first-order chi connectivity index (χ1) is 9.03. The summed E-state index contributed by atoms with van der Waals surface area (Å²) in [6, 6.07) is -0.153. The lowest BCUT2D eigenvalue weighted by atomic mass is 10.00. The average molecular weight is 293 g/mol. The Kier molecular flexibility index (Phi) is 7.23. The van der Waals surface area contributed by atoms with Gasteiger partial charge in [0.15, 0.2) is 0 Å². The molecular formula is C12H27N3O3S. The van der Waals surface area contributed by atoms with Crippen molar-refractivity contribution in [1.82, 2.24) is 14.3 Å². The molecule has 114 valence electrons. The number of rotatable bonds is 8. The van der Waals surface area contributed by atoms with Crippen molar-refractivity contribution < 1.29 is 13.2 Å². The standard InChI is InChI=1S/C12H27N3O3S/c1-4-12(10-18-3)14-19(16,17)15-7-5-6-11(9-15)8-13-2/h11-14H,4-10H2,1-3H3. The van der Waals surface area contributed by atoms with E-state index in [1.807, 2.05) is 14.0 Å². The van der Waals surface area contributed by atoms with Crippen LogP contribution in [0.4, 0.5) is 0 Å². The minimum atomic E-state index is -3.39. The second-order valence-electron chi connectivity index (χ2n) is 5.11. The molecule has 0 aromatic carbocycles. The van der Waals surface area contributed by atoms with Crippen molar-refractivity contribution in [3.63, 3.8) is 0 Å². The zero-order valence-electron chi connectivity index (χ0n) is 12.2. The maximum absolute atomic E-state index is 12.3. The number of hydrogen-bond acceptors (Lipinski definition) is 4. The molecule has 2 atom stereocenters. The number of hydrogen-bond donors (Lipinski definition) is 2. The van der Waals surface area contributed by atoms with Crippen LogP contribution >= 0.6 is 0 Å². The molecule has 2 N–H and O–H groups in total. The molecule has 19 heavy (non-hydrogen) atoms. The highest BCUT2D eigenvalue weighted by Crippen LogP contribution is 2.18. The summed E-state index contributed by atoms with van der Waals surface area (Å²) in [5.74, 6) is 0.401. The molecule has 0 amide bonds. The molecule has 1 fully saturated rings. The van der Waals surface area contributed by atoms with Gasteiger partial charge in [0.2, 0.25) is 0 Å². The molecule has 7 heteroatoms. The molecule has 0 aromatic heterocycles. The number of piperidine rings is 1. The number of nitrogens with one attached hydrogen (secondary N) is 2. The third-order valence-electron chi connectivity index (χ3n) is 3.49. The van der Waals surface area contributed by atoms with Crippen LogP contribution in [0.15, 0.2) is 0 Å². The molecule has 0 spiro atoms. The van der Waals surface area contributed by atoms with Gasteiger partial charge in [0, 0.05) is 26.2 Å². The Morgan fingerprint density at radius 2 is 2.21 bits per heavy atom. The summed E-state index contributed by atoms with van der Waals surface area (Å²) < 4.78 is 34.0. The van der Waals surface area contributed by atoms with E-state index in [4.69, 9.17) is 4.74 Å². The maximum atomic E-state index is 12.3. The van der Waals surface area contributed by atoms with Crippen LogP contribution in [0.3, 0.4) is 0 Å². The van der Waals surface area contributed by atoms with Crippen LogP contribution in [0.1, 0.15) is 26.2 Å². The van der Waals surface area contributed by atoms with Crippen molar-refractivity contribution in [1.29, 1.82) is 0 Å². The van der Waals surface area contributed by atoms with E-state index in [1.54, 1.807) is 11.4 Å². The first-order valence-electron chi connectivity index (χ1n) is 6.94. The highest BCUT2D eigenvalue weighted by molar-refractivity contribution is 7.87. The van der Waals surface area contributed by atoms with Gasteiger partial charge in [-0.3, -0.25) is 0 Å². The fourth-order valence-electron chi connectivity index (χ4n) is 2.42. The average Bonchev–Trinajstić information content (AvgIpc) is 2.39. The van der Waals surface area contributed by atoms with E-state index in [1.165, 1.54) is 0 Å². The lowest BCUT2D eigenvalue weighted by Gasteiger charge is -2.32. The van der Waals surface area contributed by atoms with E-state index < -0.39 is 10.2 Å². The Labute approximate surface area is 117 Å². The van der Waals surface area contributed by atoms with Crippen LogP contribution < -0.4 is 10.0 Å². The molecule has 1 saturated heterocycles. The van der Waals surface area contributed by atoms with Gasteiger partial charge < -0.3 is 10.1 Å². The van der Waals surface area contributed by atoms with Gasteiger partial charge in [0.25, 0.3) is 10.2 Å². The molecule has 1 aliphatic rings. The van der Waals surface area contributed by atoms with Crippen LogP contribution in [-0.4, -0.2) is 59.2 Å². The van der Waals surface area contributed by atoms with Gasteiger partial charge >= 0.3 is 0 Å². The van der Waals surface area contributed by atoms with Crippen molar-refractivity contribution in [3.05, 3.63) is 0 Å². The van der Waals surface area contributed by atoms with Gasteiger partial charge in [-0.2, -0.15) is 17.4 Å². The van der Waals surface area contributed by atoms with Gasteiger partial charge in [-0.15, -0.1) is 0 Å². The topological polar surface area (TPSA) is 70.7 Å². The fraction of sp³-hybridized carbons (Fsp3) is 1.00. The van der Waals surface area contributed by atoms with Gasteiger partial charge in [-0.05, 0) is 38.8 Å².